The van der Waals surface area contributed by atoms with Gasteiger partial charge in [0.2, 0.25) is 0 Å². The summed E-state index contributed by atoms with van der Waals surface area (Å²) < 4.78 is 0. The third-order valence-corrected chi connectivity index (χ3v) is 11.6. The molecule has 0 heterocycles. The van der Waals surface area contributed by atoms with Crippen LogP contribution in [-0.2, 0) is 21.7 Å². The molecule has 0 rings (SSSR count). The normalized spacial score (nSPS) is 10.6. The molecule has 350 valence electrons. The summed E-state index contributed by atoms with van der Waals surface area (Å²) in [6.45, 7) is 22.5. The fourth-order valence-electron chi connectivity index (χ4n) is 7.64. The molecule has 58 heavy (non-hydrogen) atoms. The van der Waals surface area contributed by atoms with Crippen molar-refractivity contribution in [2.45, 2.75) is 343 Å². The van der Waals surface area contributed by atoms with Crippen LogP contribution in [0.15, 0.2) is 0 Å². The Hall–Kier alpha value is 0.714. The van der Waals surface area contributed by atoms with E-state index in [2.05, 4.69) is 41.5 Å². The van der Waals surface area contributed by atoms with E-state index in [-0.39, 0.29) is 21.7 Å². The van der Waals surface area contributed by atoms with Crippen molar-refractivity contribution < 1.29 is 21.7 Å². The van der Waals surface area contributed by atoms with Gasteiger partial charge in [0.05, 0.1) is 0 Å². The van der Waals surface area contributed by atoms with E-state index >= 15 is 0 Å². The largest absolute Gasteiger partial charge is 4.00 e. The van der Waals surface area contributed by atoms with Gasteiger partial charge in [0, 0.05) is 0 Å². The summed E-state index contributed by atoms with van der Waals surface area (Å²) in [5.74, 6) is 0. The maximum absolute atomic E-state index is 3.88. The second kappa shape index (κ2) is 75.1. The smallest absolute Gasteiger partial charge is 0.343 e. The van der Waals surface area contributed by atoms with Gasteiger partial charge in [0.15, 0.2) is 0 Å². The average molecular weight is 851 g/mol. The molecule has 0 aromatic heterocycles. The maximum Gasteiger partial charge on any atom is 4.00 e. The minimum Gasteiger partial charge on any atom is -0.343 e. The third-order valence-electron chi connectivity index (χ3n) is 11.6. The van der Waals surface area contributed by atoms with Crippen molar-refractivity contribution in [1.29, 1.82) is 0 Å². The molecule has 0 saturated carbocycles. The van der Waals surface area contributed by atoms with Crippen molar-refractivity contribution >= 4 is 0 Å². The van der Waals surface area contributed by atoms with E-state index in [1.807, 2.05) is 20.3 Å². The molecule has 0 saturated heterocycles. The molecule has 0 amide bonds. The number of unbranched alkanes of at least 4 members (excludes halogenated alkanes) is 45. The third kappa shape index (κ3) is 84.2. The molecule has 0 radical (unpaired) electrons. The van der Waals surface area contributed by atoms with Gasteiger partial charge in [-0.1, -0.05) is 310 Å². The van der Waals surface area contributed by atoms with Gasteiger partial charge in [-0.3, -0.25) is 0 Å². The SMILES string of the molecule is C[CH-]C.[CH2-]CCCCCCCCCCCCCCCCC.[CH2-]CCCCCCCCCCCCCCCCC.[CH2-]CCCCCCCCCCCCCCCCC.[Ti+4]. The molecule has 0 unspecified atom stereocenters. The van der Waals surface area contributed by atoms with Crippen LogP contribution in [0.4, 0.5) is 0 Å². The van der Waals surface area contributed by atoms with Gasteiger partial charge in [0.25, 0.3) is 0 Å². The Morgan fingerprint density at radius 3 is 0.379 bits per heavy atom. The molecule has 0 spiro atoms. The van der Waals surface area contributed by atoms with E-state index < -0.39 is 0 Å². The van der Waals surface area contributed by atoms with Crippen LogP contribution in [0, 0.1) is 27.2 Å². The van der Waals surface area contributed by atoms with Gasteiger partial charge in [0.1, 0.15) is 0 Å². The first-order valence-electron chi connectivity index (χ1n) is 27.3. The van der Waals surface area contributed by atoms with Crippen LogP contribution in [0.25, 0.3) is 0 Å². The van der Waals surface area contributed by atoms with Crippen LogP contribution < -0.4 is 0 Å². The van der Waals surface area contributed by atoms with Gasteiger partial charge < -0.3 is 27.2 Å². The van der Waals surface area contributed by atoms with Crippen molar-refractivity contribution in [3.8, 4) is 0 Å². The van der Waals surface area contributed by atoms with Gasteiger partial charge in [-0.25, -0.2) is 0 Å². The van der Waals surface area contributed by atoms with Crippen LogP contribution >= 0.6 is 0 Å². The van der Waals surface area contributed by atoms with E-state index in [0.29, 0.717) is 0 Å². The first-order chi connectivity index (χ1) is 28.2. The van der Waals surface area contributed by atoms with Crippen molar-refractivity contribution in [3.05, 3.63) is 27.2 Å². The summed E-state index contributed by atoms with van der Waals surface area (Å²) in [5, 5.41) is 0. The monoisotopic (exact) mass is 851 g/mol. The number of hydrogen-bond acceptors (Lipinski definition) is 0. The van der Waals surface area contributed by atoms with Crippen LogP contribution in [0.1, 0.15) is 343 Å². The Morgan fingerprint density at radius 1 is 0.207 bits per heavy atom. The minimum atomic E-state index is 0. The topological polar surface area (TPSA) is 0 Å². The summed E-state index contributed by atoms with van der Waals surface area (Å²) in [4.78, 5) is 0. The second-order valence-corrected chi connectivity index (χ2v) is 18.0. The molecule has 0 fully saturated rings. The number of hydrogen-bond donors (Lipinski definition) is 0. The van der Waals surface area contributed by atoms with E-state index in [4.69, 9.17) is 0 Å². The summed E-state index contributed by atoms with van der Waals surface area (Å²) in [6, 6.07) is 0. The summed E-state index contributed by atoms with van der Waals surface area (Å²) in [7, 11) is 0. The predicted molar refractivity (Wildman–Crippen MR) is 270 cm³/mol. The molecule has 0 aliphatic rings. The summed E-state index contributed by atoms with van der Waals surface area (Å²) in [6.07, 6.45) is 70.5. The fourth-order valence-corrected chi connectivity index (χ4v) is 7.64. The molecule has 0 aliphatic carbocycles. The second-order valence-electron chi connectivity index (χ2n) is 18.0. The van der Waals surface area contributed by atoms with Crippen LogP contribution in [0.5, 0.6) is 0 Å². The van der Waals surface area contributed by atoms with Crippen LogP contribution in [0.3, 0.4) is 0 Å². The van der Waals surface area contributed by atoms with Gasteiger partial charge in [-0.2, -0.15) is 33.1 Å². The first-order valence-corrected chi connectivity index (χ1v) is 27.3. The zero-order valence-electron chi connectivity index (χ0n) is 42.1. The molecule has 0 atom stereocenters. The molecule has 0 aromatic carbocycles. The van der Waals surface area contributed by atoms with Crippen molar-refractivity contribution in [2.75, 3.05) is 0 Å². The molecule has 0 bridgehead atoms. The molecule has 0 N–H and O–H groups in total. The van der Waals surface area contributed by atoms with E-state index in [1.165, 1.54) is 289 Å². The van der Waals surface area contributed by atoms with Crippen molar-refractivity contribution in [3.63, 3.8) is 0 Å². The zero-order valence-corrected chi connectivity index (χ0v) is 43.7. The first kappa shape index (κ1) is 67.8. The molecular weight excluding hydrogens is 732 g/mol. The molecular formula is C57H118Ti. The Bertz CT molecular complexity index is 433. The Labute approximate surface area is 389 Å². The fraction of sp³-hybridized carbons (Fsp3) is 0.930. The van der Waals surface area contributed by atoms with Gasteiger partial charge in [-0.15, -0.1) is 0 Å². The Kier molecular flexibility index (Phi) is 87.8. The van der Waals surface area contributed by atoms with E-state index in [9.17, 15) is 0 Å². The van der Waals surface area contributed by atoms with Crippen LogP contribution in [-0.4, -0.2) is 0 Å². The quantitative estimate of drug-likeness (QED) is 0.0325. The maximum atomic E-state index is 3.88. The van der Waals surface area contributed by atoms with E-state index in [1.54, 1.807) is 0 Å². The molecule has 0 nitrogen and oxygen atoms in total. The summed E-state index contributed by atoms with van der Waals surface area (Å²) >= 11 is 0. The van der Waals surface area contributed by atoms with Crippen molar-refractivity contribution in [2.24, 2.45) is 0 Å². The Balaban J connectivity index is -0.000000232. The van der Waals surface area contributed by atoms with Gasteiger partial charge >= 0.3 is 21.7 Å². The number of rotatable bonds is 45. The minimum absolute atomic E-state index is 0. The predicted octanol–water partition coefficient (Wildman–Crippen LogP) is 22.5. The molecule has 0 aromatic rings. The Morgan fingerprint density at radius 2 is 0.293 bits per heavy atom. The molecule has 1 heteroatoms. The van der Waals surface area contributed by atoms with Crippen molar-refractivity contribution in [1.82, 2.24) is 0 Å². The van der Waals surface area contributed by atoms with Crippen LogP contribution in [0.2, 0.25) is 0 Å². The standard InChI is InChI=1S/3C18H37.C3H7.Ti/c3*1-3-5-7-9-11-13-15-17-18-16-14-12-10-8-6-4-2;1-3-2;/h3*1,3-18H2,2H3;3H,1-2H3;/q4*-1;+4. The average Bonchev–Trinajstić information content (AvgIpc) is 3.22. The van der Waals surface area contributed by atoms with E-state index in [0.717, 1.165) is 19.3 Å². The zero-order chi connectivity index (χ0) is 42.6. The van der Waals surface area contributed by atoms with Gasteiger partial charge in [-0.05, 0) is 0 Å². The summed E-state index contributed by atoms with van der Waals surface area (Å²) in [5.41, 5.74) is 0. The molecule has 0 aliphatic heterocycles.